The third-order valence-corrected chi connectivity index (χ3v) is 3.17. The molecule has 1 heterocycles. The van der Waals surface area contributed by atoms with Gasteiger partial charge in [-0.15, -0.1) is 0 Å². The number of hydrogen-bond donors (Lipinski definition) is 0. The topological polar surface area (TPSA) is 101 Å². The van der Waals surface area contributed by atoms with Gasteiger partial charge < -0.3 is 18.6 Å². The number of ether oxygens (including phenoxy) is 3. The minimum atomic E-state index is -0.785. The van der Waals surface area contributed by atoms with Crippen molar-refractivity contribution in [2.24, 2.45) is 0 Å². The second kappa shape index (κ2) is 6.82. The Morgan fingerprint density at radius 2 is 1.87 bits per heavy atom. The van der Waals surface area contributed by atoms with Gasteiger partial charge in [-0.25, -0.2) is 4.79 Å². The predicted molar refractivity (Wildman–Crippen MR) is 78.8 cm³/mol. The number of esters is 1. The van der Waals surface area contributed by atoms with Gasteiger partial charge in [0.1, 0.15) is 11.5 Å². The van der Waals surface area contributed by atoms with Crippen LogP contribution in [0.1, 0.15) is 21.7 Å². The molecule has 8 heteroatoms. The molecule has 0 aliphatic carbocycles. The monoisotopic (exact) mass is 321 g/mol. The zero-order chi connectivity index (χ0) is 17.0. The summed E-state index contributed by atoms with van der Waals surface area (Å²) < 4.78 is 20.3. The average molecular weight is 321 g/mol. The van der Waals surface area contributed by atoms with E-state index in [2.05, 4.69) is 0 Å². The van der Waals surface area contributed by atoms with Crippen molar-refractivity contribution >= 4 is 11.9 Å². The summed E-state index contributed by atoms with van der Waals surface area (Å²) in [5.41, 5.74) is 1.57. The number of carbonyl (C=O) groups excluding carboxylic acids is 1. The van der Waals surface area contributed by atoms with Crippen LogP contribution in [0.4, 0.5) is 5.88 Å². The highest BCUT2D eigenvalue weighted by molar-refractivity contribution is 5.86. The van der Waals surface area contributed by atoms with E-state index in [-0.39, 0.29) is 12.4 Å². The van der Waals surface area contributed by atoms with Gasteiger partial charge in [-0.1, -0.05) is 0 Å². The Labute approximate surface area is 131 Å². The van der Waals surface area contributed by atoms with Crippen molar-refractivity contribution in [3.8, 4) is 11.5 Å². The Hall–Kier alpha value is -3.03. The van der Waals surface area contributed by atoms with Gasteiger partial charge in [-0.05, 0) is 36.2 Å². The summed E-state index contributed by atoms with van der Waals surface area (Å²) in [4.78, 5) is 21.6. The van der Waals surface area contributed by atoms with Crippen LogP contribution in [0.3, 0.4) is 0 Å². The van der Waals surface area contributed by atoms with E-state index in [9.17, 15) is 14.9 Å². The second-order valence-corrected chi connectivity index (χ2v) is 4.60. The van der Waals surface area contributed by atoms with Gasteiger partial charge in [0.05, 0.1) is 20.3 Å². The highest BCUT2D eigenvalue weighted by Gasteiger charge is 2.19. The van der Waals surface area contributed by atoms with Gasteiger partial charge in [0.25, 0.3) is 0 Å². The lowest BCUT2D eigenvalue weighted by Crippen LogP contribution is -2.05. The largest absolute Gasteiger partial charge is 0.493 e. The molecule has 0 spiro atoms. The Bertz CT molecular complexity index is 735. The summed E-state index contributed by atoms with van der Waals surface area (Å²) in [5.74, 6) is -0.444. The molecule has 0 saturated carbocycles. The van der Waals surface area contributed by atoms with Crippen molar-refractivity contribution < 1.29 is 28.3 Å². The molecule has 2 rings (SSSR count). The van der Waals surface area contributed by atoms with Crippen LogP contribution in [0.15, 0.2) is 28.7 Å². The molecule has 0 atom stereocenters. The van der Waals surface area contributed by atoms with Crippen LogP contribution in [0, 0.1) is 17.0 Å². The Morgan fingerprint density at radius 1 is 1.22 bits per heavy atom. The van der Waals surface area contributed by atoms with E-state index in [1.807, 2.05) is 6.92 Å². The van der Waals surface area contributed by atoms with Gasteiger partial charge in [-0.2, -0.15) is 0 Å². The molecule has 8 nitrogen and oxygen atoms in total. The first-order valence-corrected chi connectivity index (χ1v) is 6.59. The van der Waals surface area contributed by atoms with E-state index >= 15 is 0 Å². The molecule has 23 heavy (non-hydrogen) atoms. The molecule has 0 fully saturated rings. The highest BCUT2D eigenvalue weighted by Crippen LogP contribution is 2.30. The molecule has 0 unspecified atom stereocenters. The van der Waals surface area contributed by atoms with Crippen LogP contribution in [0.2, 0.25) is 0 Å². The predicted octanol–water partition coefficient (Wildman–Crippen LogP) is 2.87. The minimum Gasteiger partial charge on any atom is -0.493 e. The summed E-state index contributed by atoms with van der Waals surface area (Å²) in [5, 5.41) is 10.5. The zero-order valence-electron chi connectivity index (χ0n) is 12.8. The fourth-order valence-corrected chi connectivity index (χ4v) is 1.93. The van der Waals surface area contributed by atoms with Gasteiger partial charge in [0.15, 0.2) is 11.5 Å². The molecular weight excluding hydrogens is 306 g/mol. The van der Waals surface area contributed by atoms with Crippen LogP contribution in [-0.4, -0.2) is 25.1 Å². The van der Waals surface area contributed by atoms with Gasteiger partial charge >= 0.3 is 11.9 Å². The van der Waals surface area contributed by atoms with Gasteiger partial charge in [0, 0.05) is 0 Å². The number of aryl methyl sites for hydroxylation is 1. The summed E-state index contributed by atoms with van der Waals surface area (Å²) in [6.45, 7) is 1.81. The van der Waals surface area contributed by atoms with Gasteiger partial charge in [-0.3, -0.25) is 10.1 Å². The van der Waals surface area contributed by atoms with E-state index < -0.39 is 16.8 Å². The Balaban J connectivity index is 2.10. The normalized spacial score (nSPS) is 10.2. The molecule has 0 aliphatic rings. The Morgan fingerprint density at radius 3 is 2.43 bits per heavy atom. The Kier molecular flexibility index (Phi) is 4.85. The SMILES string of the molecule is COc1cc(C)c(COC(=O)c2ccc([N+](=O)[O-])o2)cc1OC. The molecule has 0 bridgehead atoms. The van der Waals surface area contributed by atoms with Crippen molar-refractivity contribution in [3.05, 3.63) is 51.3 Å². The quantitative estimate of drug-likeness (QED) is 0.458. The van der Waals surface area contributed by atoms with Crippen LogP contribution in [0.25, 0.3) is 0 Å². The fourth-order valence-electron chi connectivity index (χ4n) is 1.93. The third kappa shape index (κ3) is 3.60. The van der Waals surface area contributed by atoms with Crippen molar-refractivity contribution in [3.63, 3.8) is 0 Å². The number of methoxy groups -OCH3 is 2. The van der Waals surface area contributed by atoms with Crippen LogP contribution >= 0.6 is 0 Å². The van der Waals surface area contributed by atoms with Crippen LogP contribution in [-0.2, 0) is 11.3 Å². The summed E-state index contributed by atoms with van der Waals surface area (Å²) in [6.07, 6.45) is 0. The standard InChI is InChI=1S/C15H15NO7/c1-9-6-12(20-2)13(21-3)7-10(9)8-22-15(17)11-4-5-14(23-11)16(18)19/h4-7H,8H2,1-3H3. The van der Waals surface area contributed by atoms with E-state index in [4.69, 9.17) is 18.6 Å². The minimum absolute atomic E-state index is 0.0283. The molecule has 0 N–H and O–H groups in total. The van der Waals surface area contributed by atoms with Crippen molar-refractivity contribution in [2.75, 3.05) is 14.2 Å². The smallest absolute Gasteiger partial charge is 0.433 e. The van der Waals surface area contributed by atoms with E-state index in [1.165, 1.54) is 20.3 Å². The lowest BCUT2D eigenvalue weighted by atomic mass is 10.1. The molecule has 0 amide bonds. The van der Waals surface area contributed by atoms with E-state index in [1.54, 1.807) is 12.1 Å². The van der Waals surface area contributed by atoms with E-state index in [0.717, 1.165) is 17.2 Å². The molecule has 0 aliphatic heterocycles. The number of furan rings is 1. The van der Waals surface area contributed by atoms with Crippen molar-refractivity contribution in [1.82, 2.24) is 0 Å². The number of benzene rings is 1. The van der Waals surface area contributed by atoms with Gasteiger partial charge in [0.2, 0.25) is 5.76 Å². The number of nitro groups is 1. The maximum Gasteiger partial charge on any atom is 0.433 e. The molecule has 2 aromatic rings. The first-order valence-electron chi connectivity index (χ1n) is 6.59. The third-order valence-electron chi connectivity index (χ3n) is 3.17. The molecule has 0 saturated heterocycles. The summed E-state index contributed by atoms with van der Waals surface area (Å²) in [6, 6.07) is 5.76. The molecular formula is C15H15NO7. The average Bonchev–Trinajstić information content (AvgIpc) is 3.03. The lowest BCUT2D eigenvalue weighted by Gasteiger charge is -2.12. The zero-order valence-corrected chi connectivity index (χ0v) is 12.8. The molecule has 0 radical (unpaired) electrons. The van der Waals surface area contributed by atoms with Crippen LogP contribution in [0.5, 0.6) is 11.5 Å². The molecule has 122 valence electrons. The number of nitrogens with zero attached hydrogens (tertiary/aromatic N) is 1. The number of hydrogen-bond acceptors (Lipinski definition) is 7. The maximum absolute atomic E-state index is 11.8. The van der Waals surface area contributed by atoms with Crippen molar-refractivity contribution in [1.29, 1.82) is 0 Å². The first kappa shape index (κ1) is 16.3. The fraction of sp³-hybridized carbons (Fsp3) is 0.267. The lowest BCUT2D eigenvalue weighted by molar-refractivity contribution is -0.402. The highest BCUT2D eigenvalue weighted by atomic mass is 16.7. The summed E-state index contributed by atoms with van der Waals surface area (Å²) >= 11 is 0. The second-order valence-electron chi connectivity index (χ2n) is 4.60. The first-order chi connectivity index (χ1) is 11.0. The number of rotatable bonds is 6. The van der Waals surface area contributed by atoms with Crippen LogP contribution < -0.4 is 9.47 Å². The molecule has 1 aromatic heterocycles. The summed E-state index contributed by atoms with van der Waals surface area (Å²) in [7, 11) is 3.03. The maximum atomic E-state index is 11.8. The molecule has 1 aromatic carbocycles. The number of carbonyl (C=O) groups is 1. The van der Waals surface area contributed by atoms with E-state index in [0.29, 0.717) is 11.5 Å². The van der Waals surface area contributed by atoms with Crippen molar-refractivity contribution in [2.45, 2.75) is 13.5 Å².